The largest absolute Gasteiger partial charge is 0.480 e. The third-order valence-electron chi connectivity index (χ3n) is 2.98. The van der Waals surface area contributed by atoms with Crippen molar-refractivity contribution in [3.63, 3.8) is 0 Å². The van der Waals surface area contributed by atoms with Gasteiger partial charge in [0.05, 0.1) is 6.61 Å². The lowest BCUT2D eigenvalue weighted by Crippen LogP contribution is -2.42. The number of nitrogens with two attached hydrogens (primary N) is 2. The highest BCUT2D eigenvalue weighted by atomic mass is 16.6. The Labute approximate surface area is 137 Å². The summed E-state index contributed by atoms with van der Waals surface area (Å²) >= 11 is 0. The molecule has 0 aliphatic heterocycles. The average Bonchev–Trinajstić information content (AvgIpc) is 2.56. The number of aliphatic carboxylic acids is 2. The van der Waals surface area contributed by atoms with Crippen molar-refractivity contribution < 1.29 is 29.4 Å². The van der Waals surface area contributed by atoms with Crippen LogP contribution in [0.3, 0.4) is 0 Å². The molecule has 10 heteroatoms. The van der Waals surface area contributed by atoms with Crippen LogP contribution in [-0.2, 0) is 21.0 Å². The summed E-state index contributed by atoms with van der Waals surface area (Å²) in [6, 6.07) is 4.15. The summed E-state index contributed by atoms with van der Waals surface area (Å²) in [5, 5.41) is 19.6. The standard InChI is InChI=1S/C14H20N4O6/c15-10(13(20)21)5-17-12(19)9-3-1-8(2-4-9)7-24-18-6-11(16)14(22)23/h1-4,10-11,18H,5-7,15-16H2,(H,17,19)(H,20,21)(H,22,23). The predicted octanol–water partition coefficient (Wildman–Crippen LogP) is -1.74. The van der Waals surface area contributed by atoms with Crippen LogP contribution in [0.2, 0.25) is 0 Å². The summed E-state index contributed by atoms with van der Waals surface area (Å²) in [5.74, 6) is -2.77. The number of carboxylic acid groups (broad SMARTS) is 2. The molecule has 0 fully saturated rings. The molecule has 8 N–H and O–H groups in total. The van der Waals surface area contributed by atoms with Gasteiger partial charge in [0.25, 0.3) is 5.91 Å². The second kappa shape index (κ2) is 9.57. The Morgan fingerprint density at radius 2 is 1.54 bits per heavy atom. The number of rotatable bonds is 10. The molecule has 132 valence electrons. The maximum atomic E-state index is 11.8. The van der Waals surface area contributed by atoms with E-state index in [1.807, 2.05) is 0 Å². The molecule has 0 saturated carbocycles. The van der Waals surface area contributed by atoms with Crippen LogP contribution in [0.4, 0.5) is 0 Å². The molecule has 10 nitrogen and oxygen atoms in total. The Balaban J connectivity index is 2.38. The van der Waals surface area contributed by atoms with Gasteiger partial charge in [0.1, 0.15) is 12.1 Å². The molecule has 0 aliphatic rings. The second-order valence-corrected chi connectivity index (χ2v) is 4.93. The van der Waals surface area contributed by atoms with Gasteiger partial charge >= 0.3 is 11.9 Å². The number of hydrogen-bond acceptors (Lipinski definition) is 7. The molecule has 2 unspecified atom stereocenters. The van der Waals surface area contributed by atoms with E-state index in [0.717, 1.165) is 5.56 Å². The van der Waals surface area contributed by atoms with Crippen LogP contribution in [0.25, 0.3) is 0 Å². The fraction of sp³-hybridized carbons (Fsp3) is 0.357. The highest BCUT2D eigenvalue weighted by Gasteiger charge is 2.13. The van der Waals surface area contributed by atoms with Gasteiger partial charge in [-0.15, -0.1) is 0 Å². The van der Waals surface area contributed by atoms with Gasteiger partial charge in [-0.3, -0.25) is 19.2 Å². The fourth-order valence-electron chi connectivity index (χ4n) is 1.51. The minimum absolute atomic E-state index is 0.0420. The molecule has 0 saturated heterocycles. The zero-order chi connectivity index (χ0) is 18.1. The monoisotopic (exact) mass is 340 g/mol. The highest BCUT2D eigenvalue weighted by molar-refractivity contribution is 5.94. The maximum absolute atomic E-state index is 11.8. The Morgan fingerprint density at radius 1 is 1.00 bits per heavy atom. The van der Waals surface area contributed by atoms with Crippen molar-refractivity contribution in [2.24, 2.45) is 11.5 Å². The zero-order valence-electron chi connectivity index (χ0n) is 12.8. The summed E-state index contributed by atoms with van der Waals surface area (Å²) < 4.78 is 0. The molecular weight excluding hydrogens is 320 g/mol. The van der Waals surface area contributed by atoms with Crippen molar-refractivity contribution in [3.8, 4) is 0 Å². The van der Waals surface area contributed by atoms with Crippen LogP contribution >= 0.6 is 0 Å². The van der Waals surface area contributed by atoms with Crippen molar-refractivity contribution in [1.82, 2.24) is 10.8 Å². The summed E-state index contributed by atoms with van der Waals surface area (Å²) in [6.07, 6.45) is 0. The Morgan fingerprint density at radius 3 is 2.08 bits per heavy atom. The third kappa shape index (κ3) is 6.71. The number of carbonyl (C=O) groups is 3. The zero-order valence-corrected chi connectivity index (χ0v) is 12.8. The van der Waals surface area contributed by atoms with Crippen LogP contribution < -0.4 is 22.3 Å². The lowest BCUT2D eigenvalue weighted by molar-refractivity contribution is -0.139. The Kier molecular flexibility index (Phi) is 7.79. The molecule has 2 atom stereocenters. The number of hydrogen-bond donors (Lipinski definition) is 6. The van der Waals surface area contributed by atoms with E-state index in [1.165, 1.54) is 0 Å². The first-order valence-corrected chi connectivity index (χ1v) is 6.99. The van der Waals surface area contributed by atoms with E-state index < -0.39 is 29.9 Å². The molecule has 0 aromatic heterocycles. The molecule has 0 heterocycles. The highest BCUT2D eigenvalue weighted by Crippen LogP contribution is 2.05. The van der Waals surface area contributed by atoms with Crippen LogP contribution in [0.15, 0.2) is 24.3 Å². The van der Waals surface area contributed by atoms with Crippen LogP contribution in [0.1, 0.15) is 15.9 Å². The number of carbonyl (C=O) groups excluding carboxylic acids is 1. The molecule has 0 aliphatic carbocycles. The average molecular weight is 340 g/mol. The number of benzene rings is 1. The topological polar surface area (TPSA) is 177 Å². The minimum Gasteiger partial charge on any atom is -0.480 e. The molecule has 0 bridgehead atoms. The van der Waals surface area contributed by atoms with Crippen molar-refractivity contribution >= 4 is 17.8 Å². The van der Waals surface area contributed by atoms with Gasteiger partial charge < -0.3 is 27.0 Å². The number of nitrogens with one attached hydrogen (secondary N) is 2. The first-order valence-electron chi connectivity index (χ1n) is 6.99. The smallest absolute Gasteiger partial charge is 0.322 e. The van der Waals surface area contributed by atoms with Crippen molar-refractivity contribution in [3.05, 3.63) is 35.4 Å². The van der Waals surface area contributed by atoms with Crippen LogP contribution in [-0.4, -0.2) is 53.2 Å². The Hall–Kier alpha value is -2.53. The maximum Gasteiger partial charge on any atom is 0.322 e. The molecule has 1 rings (SSSR count). The van der Waals surface area contributed by atoms with E-state index in [4.69, 9.17) is 26.5 Å². The molecule has 0 spiro atoms. The van der Waals surface area contributed by atoms with Crippen LogP contribution in [0.5, 0.6) is 0 Å². The van der Waals surface area contributed by atoms with Gasteiger partial charge in [0.2, 0.25) is 0 Å². The minimum atomic E-state index is -1.20. The van der Waals surface area contributed by atoms with Crippen LogP contribution in [0, 0.1) is 0 Å². The van der Waals surface area contributed by atoms with Crippen molar-refractivity contribution in [2.45, 2.75) is 18.7 Å². The van der Waals surface area contributed by atoms with E-state index >= 15 is 0 Å². The predicted molar refractivity (Wildman–Crippen MR) is 82.8 cm³/mol. The number of amides is 1. The van der Waals surface area contributed by atoms with Crippen molar-refractivity contribution in [1.29, 1.82) is 0 Å². The van der Waals surface area contributed by atoms with Gasteiger partial charge in [-0.2, -0.15) is 0 Å². The van der Waals surface area contributed by atoms with E-state index in [-0.39, 0.29) is 19.7 Å². The lowest BCUT2D eigenvalue weighted by Gasteiger charge is -2.10. The SMILES string of the molecule is NC(CNOCc1ccc(C(=O)NCC(N)C(=O)O)cc1)C(=O)O. The van der Waals surface area contributed by atoms with Crippen molar-refractivity contribution in [2.75, 3.05) is 13.1 Å². The summed E-state index contributed by atoms with van der Waals surface area (Å²) in [4.78, 5) is 37.9. The van der Waals surface area contributed by atoms with Gasteiger partial charge in [0, 0.05) is 18.7 Å². The molecular formula is C14H20N4O6. The number of hydroxylamine groups is 1. The first-order chi connectivity index (χ1) is 11.3. The van der Waals surface area contributed by atoms with E-state index in [1.54, 1.807) is 24.3 Å². The first kappa shape index (κ1) is 19.5. The Bertz CT molecular complexity index is 577. The molecule has 24 heavy (non-hydrogen) atoms. The van der Waals surface area contributed by atoms with Gasteiger partial charge in [-0.05, 0) is 17.7 Å². The third-order valence-corrected chi connectivity index (χ3v) is 2.98. The van der Waals surface area contributed by atoms with Gasteiger partial charge in [-0.25, -0.2) is 5.48 Å². The van der Waals surface area contributed by atoms with E-state index in [9.17, 15) is 14.4 Å². The second-order valence-electron chi connectivity index (χ2n) is 4.93. The summed E-state index contributed by atoms with van der Waals surface area (Å²) in [5.41, 5.74) is 14.1. The molecule has 1 aromatic rings. The van der Waals surface area contributed by atoms with E-state index in [0.29, 0.717) is 5.56 Å². The molecule has 0 radical (unpaired) electrons. The normalized spacial score (nSPS) is 13.1. The lowest BCUT2D eigenvalue weighted by atomic mass is 10.1. The van der Waals surface area contributed by atoms with Gasteiger partial charge in [0.15, 0.2) is 0 Å². The molecule has 1 amide bonds. The number of carboxylic acids is 2. The summed E-state index contributed by atoms with van der Waals surface area (Å²) in [6.45, 7) is -0.0649. The quantitative estimate of drug-likeness (QED) is 0.213. The summed E-state index contributed by atoms with van der Waals surface area (Å²) in [7, 11) is 0. The molecule has 1 aromatic carbocycles. The van der Waals surface area contributed by atoms with Gasteiger partial charge in [-0.1, -0.05) is 12.1 Å². The van der Waals surface area contributed by atoms with E-state index in [2.05, 4.69) is 10.8 Å². The fourth-order valence-corrected chi connectivity index (χ4v) is 1.51.